The maximum atomic E-state index is 13.6. The van der Waals surface area contributed by atoms with Gasteiger partial charge < -0.3 is 0 Å². The molecule has 0 aliphatic carbocycles. The molecule has 98 valence electrons. The van der Waals surface area contributed by atoms with Gasteiger partial charge in [-0.3, -0.25) is 4.79 Å². The molecule has 0 amide bonds. The summed E-state index contributed by atoms with van der Waals surface area (Å²) < 4.78 is 13.6. The predicted octanol–water partition coefficient (Wildman–Crippen LogP) is 5.92. The van der Waals surface area contributed by atoms with E-state index in [9.17, 15) is 9.18 Å². The average molecular weight is 338 g/mol. The molecule has 1 nitrogen and oxygen atoms in total. The molecule has 2 rings (SSSR count). The molecule has 0 aliphatic rings. The van der Waals surface area contributed by atoms with E-state index in [0.29, 0.717) is 17.4 Å². The molecule has 0 radical (unpaired) electrons. The summed E-state index contributed by atoms with van der Waals surface area (Å²) >= 11 is 23.9. The number of carbonyl (C=O) groups excluding carboxylic acids is 1. The molecule has 2 aromatic carbocycles. The van der Waals surface area contributed by atoms with Gasteiger partial charge in [0.15, 0.2) is 6.29 Å². The average Bonchev–Trinajstić information content (AvgIpc) is 2.36. The van der Waals surface area contributed by atoms with E-state index in [4.69, 9.17) is 46.4 Å². The second-order valence-electron chi connectivity index (χ2n) is 3.70. The first-order chi connectivity index (χ1) is 8.95. The molecule has 0 aliphatic heterocycles. The highest BCUT2D eigenvalue weighted by Gasteiger charge is 2.16. The third-order valence-corrected chi connectivity index (χ3v) is 4.09. The van der Waals surface area contributed by atoms with Crippen molar-refractivity contribution in [1.29, 1.82) is 0 Å². The Hall–Kier alpha value is -0.800. The molecule has 0 N–H and O–H groups in total. The van der Waals surface area contributed by atoms with E-state index in [1.54, 1.807) is 0 Å². The van der Waals surface area contributed by atoms with Crippen molar-refractivity contribution >= 4 is 52.7 Å². The third-order valence-electron chi connectivity index (χ3n) is 2.53. The zero-order valence-corrected chi connectivity index (χ0v) is 12.2. The molecule has 0 fully saturated rings. The van der Waals surface area contributed by atoms with Crippen LogP contribution in [0.15, 0.2) is 24.3 Å². The molecule has 0 saturated heterocycles. The van der Waals surface area contributed by atoms with Gasteiger partial charge in [-0.05, 0) is 23.8 Å². The van der Waals surface area contributed by atoms with Gasteiger partial charge >= 0.3 is 0 Å². The molecule has 2 aromatic rings. The van der Waals surface area contributed by atoms with Gasteiger partial charge in [0, 0.05) is 5.56 Å². The summed E-state index contributed by atoms with van der Waals surface area (Å²) in [6, 6.07) is 5.47. The summed E-state index contributed by atoms with van der Waals surface area (Å²) in [5.74, 6) is -0.661. The van der Waals surface area contributed by atoms with Crippen LogP contribution >= 0.6 is 46.4 Å². The Morgan fingerprint density at radius 1 is 0.947 bits per heavy atom. The maximum Gasteiger partial charge on any atom is 0.152 e. The highest BCUT2D eigenvalue weighted by atomic mass is 35.5. The molecule has 19 heavy (non-hydrogen) atoms. The summed E-state index contributed by atoms with van der Waals surface area (Å²) in [6.45, 7) is 0. The molecule has 0 saturated carbocycles. The van der Waals surface area contributed by atoms with Crippen LogP contribution in [0.1, 0.15) is 10.4 Å². The summed E-state index contributed by atoms with van der Waals surface area (Å²) in [5.41, 5.74) is 0.738. The molecular formula is C13H5Cl4FO. The first-order valence-corrected chi connectivity index (χ1v) is 6.55. The van der Waals surface area contributed by atoms with Gasteiger partial charge in [-0.15, -0.1) is 0 Å². The minimum atomic E-state index is -0.661. The van der Waals surface area contributed by atoms with Crippen molar-refractivity contribution in [2.75, 3.05) is 0 Å². The van der Waals surface area contributed by atoms with Crippen molar-refractivity contribution in [3.05, 3.63) is 55.7 Å². The van der Waals surface area contributed by atoms with Gasteiger partial charge in [-0.1, -0.05) is 52.5 Å². The van der Waals surface area contributed by atoms with Crippen LogP contribution in [0.25, 0.3) is 11.1 Å². The van der Waals surface area contributed by atoms with Crippen LogP contribution in [-0.4, -0.2) is 6.29 Å². The second-order valence-corrected chi connectivity index (χ2v) is 5.27. The van der Waals surface area contributed by atoms with Crippen molar-refractivity contribution in [1.82, 2.24) is 0 Å². The fourth-order valence-corrected chi connectivity index (χ4v) is 2.74. The Balaban J connectivity index is 2.69. The lowest BCUT2D eigenvalue weighted by atomic mass is 10.0. The standard InChI is InChI=1S/C13H5Cl4FO/c14-8-4-9(15)12(16)13(17)11(8)6-1-2-7(5-19)10(18)3-6/h1-5H. The highest BCUT2D eigenvalue weighted by molar-refractivity contribution is 6.51. The lowest BCUT2D eigenvalue weighted by Crippen LogP contribution is -1.90. The lowest BCUT2D eigenvalue weighted by molar-refractivity contribution is 0.112. The number of aldehydes is 1. The van der Waals surface area contributed by atoms with E-state index in [2.05, 4.69) is 0 Å². The number of halogens is 5. The minimum Gasteiger partial charge on any atom is -0.298 e. The van der Waals surface area contributed by atoms with Crippen LogP contribution in [-0.2, 0) is 0 Å². The van der Waals surface area contributed by atoms with Crippen molar-refractivity contribution in [2.45, 2.75) is 0 Å². The maximum absolute atomic E-state index is 13.6. The van der Waals surface area contributed by atoms with Crippen LogP contribution in [0.4, 0.5) is 4.39 Å². The fourth-order valence-electron chi connectivity index (χ4n) is 1.61. The summed E-state index contributed by atoms with van der Waals surface area (Å²) in [7, 11) is 0. The number of carbonyl (C=O) groups is 1. The molecule has 0 bridgehead atoms. The van der Waals surface area contributed by atoms with Gasteiger partial charge in [-0.25, -0.2) is 4.39 Å². The zero-order chi connectivity index (χ0) is 14.2. The number of hydrogen-bond donors (Lipinski definition) is 0. The molecule has 0 spiro atoms. The van der Waals surface area contributed by atoms with Gasteiger partial charge in [-0.2, -0.15) is 0 Å². The molecule has 0 atom stereocenters. The largest absolute Gasteiger partial charge is 0.298 e. The van der Waals surface area contributed by atoms with E-state index in [-0.39, 0.29) is 25.7 Å². The fraction of sp³-hybridized carbons (Fsp3) is 0. The van der Waals surface area contributed by atoms with Gasteiger partial charge in [0.2, 0.25) is 0 Å². The Morgan fingerprint density at radius 2 is 1.63 bits per heavy atom. The Bertz CT molecular complexity index is 670. The summed E-state index contributed by atoms with van der Waals surface area (Å²) in [5, 5.41) is 0.739. The first-order valence-electron chi connectivity index (χ1n) is 5.03. The second kappa shape index (κ2) is 5.68. The van der Waals surface area contributed by atoms with Crippen molar-refractivity contribution in [2.24, 2.45) is 0 Å². The van der Waals surface area contributed by atoms with E-state index < -0.39 is 5.82 Å². The van der Waals surface area contributed by atoms with Crippen molar-refractivity contribution in [3.8, 4) is 11.1 Å². The minimum absolute atomic E-state index is 0.0453. The van der Waals surface area contributed by atoms with Crippen LogP contribution in [0.3, 0.4) is 0 Å². The third kappa shape index (κ3) is 2.72. The lowest BCUT2D eigenvalue weighted by Gasteiger charge is -2.10. The molecule has 0 heterocycles. The zero-order valence-electron chi connectivity index (χ0n) is 9.18. The van der Waals surface area contributed by atoms with Gasteiger partial charge in [0.05, 0.1) is 25.7 Å². The van der Waals surface area contributed by atoms with Crippen LogP contribution in [0.2, 0.25) is 20.1 Å². The van der Waals surface area contributed by atoms with Crippen molar-refractivity contribution < 1.29 is 9.18 Å². The predicted molar refractivity (Wildman–Crippen MR) is 77.3 cm³/mol. The first kappa shape index (κ1) is 14.6. The Kier molecular flexibility index (Phi) is 4.36. The van der Waals surface area contributed by atoms with E-state index in [1.165, 1.54) is 24.3 Å². The molecular weight excluding hydrogens is 333 g/mol. The van der Waals surface area contributed by atoms with E-state index in [1.807, 2.05) is 0 Å². The molecule has 0 aromatic heterocycles. The van der Waals surface area contributed by atoms with E-state index in [0.717, 1.165) is 0 Å². The SMILES string of the molecule is O=Cc1ccc(-c2c(Cl)cc(Cl)c(Cl)c2Cl)cc1F. The smallest absolute Gasteiger partial charge is 0.152 e. The van der Waals surface area contributed by atoms with E-state index >= 15 is 0 Å². The normalized spacial score (nSPS) is 10.6. The van der Waals surface area contributed by atoms with Crippen LogP contribution in [0.5, 0.6) is 0 Å². The van der Waals surface area contributed by atoms with Gasteiger partial charge in [0.25, 0.3) is 0 Å². The highest BCUT2D eigenvalue weighted by Crippen LogP contribution is 2.43. The Labute approximate surface area is 128 Å². The van der Waals surface area contributed by atoms with Crippen LogP contribution < -0.4 is 0 Å². The quantitative estimate of drug-likeness (QED) is 0.377. The molecule has 0 unspecified atom stereocenters. The summed E-state index contributed by atoms with van der Waals surface area (Å²) in [4.78, 5) is 10.6. The number of benzene rings is 2. The summed E-state index contributed by atoms with van der Waals surface area (Å²) in [6.07, 6.45) is 0.428. The topological polar surface area (TPSA) is 17.1 Å². The van der Waals surface area contributed by atoms with Crippen molar-refractivity contribution in [3.63, 3.8) is 0 Å². The van der Waals surface area contributed by atoms with Gasteiger partial charge in [0.1, 0.15) is 5.82 Å². The van der Waals surface area contributed by atoms with Crippen LogP contribution in [0, 0.1) is 5.82 Å². The molecule has 6 heteroatoms. The Morgan fingerprint density at radius 3 is 2.21 bits per heavy atom. The number of hydrogen-bond acceptors (Lipinski definition) is 1. The number of rotatable bonds is 2. The monoisotopic (exact) mass is 336 g/mol.